The highest BCUT2D eigenvalue weighted by Crippen LogP contribution is 2.63. The van der Waals surface area contributed by atoms with Crippen LogP contribution in [-0.4, -0.2) is 9.13 Å². The van der Waals surface area contributed by atoms with Crippen LogP contribution in [0.3, 0.4) is 0 Å². The average Bonchev–Trinajstić information content (AvgIpc) is 1.51. The fraction of sp³-hybridized carbons (Fsp3) is 0.0680. The first-order chi connectivity index (χ1) is 51.5. The van der Waals surface area contributed by atoms with Crippen molar-refractivity contribution in [1.29, 1.82) is 0 Å². The number of aromatic nitrogens is 2. The second-order valence-corrected chi connectivity index (χ2v) is 30.7. The molecule has 0 N–H and O–H groups in total. The third-order valence-electron chi connectivity index (χ3n) is 24.5. The van der Waals surface area contributed by atoms with E-state index < -0.39 is 5.41 Å². The molecule has 0 saturated heterocycles. The maximum Gasteiger partial charge on any atom is 0.0725 e. The highest BCUT2D eigenvalue weighted by Gasteiger charge is 2.52. The summed E-state index contributed by atoms with van der Waals surface area (Å²) in [5, 5.41) is 10.0. The van der Waals surface area contributed by atoms with Gasteiger partial charge in [-0.2, -0.15) is 0 Å². The third kappa shape index (κ3) is 8.54. The summed E-state index contributed by atoms with van der Waals surface area (Å²) in [5.41, 5.74) is 37.3. The summed E-state index contributed by atoms with van der Waals surface area (Å²) in [6.45, 7) is 9.62. The summed E-state index contributed by atoms with van der Waals surface area (Å²) in [6, 6.07) is 124. The van der Waals surface area contributed by atoms with Gasteiger partial charge < -0.3 is 9.13 Å². The molecule has 2 aromatic heterocycles. The van der Waals surface area contributed by atoms with E-state index in [2.05, 4.69) is 389 Å². The van der Waals surface area contributed by atoms with Crippen molar-refractivity contribution in [3.05, 3.63) is 394 Å². The zero-order valence-corrected chi connectivity index (χ0v) is 58.9. The smallest absolute Gasteiger partial charge is 0.0725 e. The Morgan fingerprint density at radius 3 is 0.933 bits per heavy atom. The molecule has 1 spiro atoms. The van der Waals surface area contributed by atoms with Crippen LogP contribution < -0.4 is 0 Å². The van der Waals surface area contributed by atoms with E-state index in [9.17, 15) is 0 Å². The standard InChI is InChI=1S/C103H70N2/c1-101(2)89-55-63(39-47-77(89)79-51-43-71(61-91(79)101)69-45-53-99-85(59-69)83-27-11-15-31-97(83)104(99)95-33-17-21-67-19-5-7-23-73(67)95)35-37-65-41-49-81-82-50-42-66(58-94(82)103(93(81)57-65)87-29-13-9-25-75(87)76-26-10-14-30-88(76)103)38-36-64-40-48-78-80-52-44-72(62-92(80)102(3,4)90(78)56-64)70-46-54-100-86(60-70)84-28-12-16-32-98(84)105(100)96-34-18-22-68-20-6-8-24-74(68)96/h5-62H,1-4H3/b37-35+,38-36+. The molecule has 0 amide bonds. The molecule has 0 unspecified atom stereocenters. The van der Waals surface area contributed by atoms with Crippen molar-refractivity contribution in [3.8, 4) is 78.1 Å². The fourth-order valence-corrected chi connectivity index (χ4v) is 19.5. The Hall–Kier alpha value is -12.9. The van der Waals surface area contributed by atoms with Crippen molar-refractivity contribution < 1.29 is 0 Å². The van der Waals surface area contributed by atoms with E-state index >= 15 is 0 Å². The third-order valence-corrected chi connectivity index (χ3v) is 24.5. The summed E-state index contributed by atoms with van der Waals surface area (Å²) in [4.78, 5) is 0. The van der Waals surface area contributed by atoms with Crippen molar-refractivity contribution in [3.63, 3.8) is 0 Å². The van der Waals surface area contributed by atoms with Crippen LogP contribution in [0.2, 0.25) is 0 Å². The Morgan fingerprint density at radius 2 is 0.505 bits per heavy atom. The Kier molecular flexibility index (Phi) is 12.6. The van der Waals surface area contributed by atoms with Gasteiger partial charge in [-0.15, -0.1) is 0 Å². The monoisotopic (exact) mass is 1330 g/mol. The van der Waals surface area contributed by atoms with Crippen LogP contribution in [-0.2, 0) is 16.2 Å². The maximum atomic E-state index is 2.49. The summed E-state index contributed by atoms with van der Waals surface area (Å²) in [7, 11) is 0. The number of para-hydroxylation sites is 2. The van der Waals surface area contributed by atoms with Crippen LogP contribution in [0.15, 0.2) is 328 Å². The van der Waals surface area contributed by atoms with E-state index in [0.717, 1.165) is 0 Å². The second kappa shape index (κ2) is 22.1. The van der Waals surface area contributed by atoms with Gasteiger partial charge in [0, 0.05) is 43.1 Å². The minimum atomic E-state index is -0.500. The van der Waals surface area contributed by atoms with Crippen LogP contribution in [0.4, 0.5) is 0 Å². The molecule has 18 aromatic rings. The molecule has 2 heterocycles. The lowest BCUT2D eigenvalue weighted by molar-refractivity contribution is 0.660. The van der Waals surface area contributed by atoms with Gasteiger partial charge in [-0.1, -0.05) is 307 Å². The molecule has 2 heteroatoms. The Morgan fingerprint density at radius 1 is 0.210 bits per heavy atom. The quantitative estimate of drug-likeness (QED) is 0.134. The molecule has 492 valence electrons. The van der Waals surface area contributed by atoms with Crippen molar-refractivity contribution in [2.24, 2.45) is 0 Å². The molecule has 0 saturated carbocycles. The lowest BCUT2D eigenvalue weighted by Gasteiger charge is -2.30. The first kappa shape index (κ1) is 59.8. The van der Waals surface area contributed by atoms with Crippen LogP contribution in [0.5, 0.6) is 0 Å². The molecule has 2 nitrogen and oxygen atoms in total. The van der Waals surface area contributed by atoms with E-state index in [1.807, 2.05) is 0 Å². The van der Waals surface area contributed by atoms with Crippen LogP contribution in [0.1, 0.15) is 94.5 Å². The minimum absolute atomic E-state index is 0.206. The van der Waals surface area contributed by atoms with Gasteiger partial charge in [0.05, 0.1) is 38.9 Å². The minimum Gasteiger partial charge on any atom is -0.309 e. The SMILES string of the molecule is CC1(C)c2cc(/C=C/c3ccc4c(c3)C3(c5ccccc5-c5ccccc53)c3cc(/C=C/c5ccc6c(c5)C(C)(C)c5cc(-c7ccc8c(c7)c7ccccc7n8-c7cccc8ccccc78)ccc5-6)ccc3-4)ccc2-c2ccc(-c3ccc4c(c3)c3ccccc3n4-c3cccc4ccccc34)cc21. The molecule has 16 aromatic carbocycles. The molecule has 4 aliphatic carbocycles. The van der Waals surface area contributed by atoms with Gasteiger partial charge in [0.25, 0.3) is 0 Å². The highest BCUT2D eigenvalue weighted by atomic mass is 15.0. The summed E-state index contributed by atoms with van der Waals surface area (Å²) >= 11 is 0. The van der Waals surface area contributed by atoms with Crippen molar-refractivity contribution >= 4 is 89.5 Å². The van der Waals surface area contributed by atoms with Crippen LogP contribution in [0, 0.1) is 0 Å². The average molecular weight is 1340 g/mol. The molecular weight excluding hydrogens is 1270 g/mol. The van der Waals surface area contributed by atoms with Crippen LogP contribution >= 0.6 is 0 Å². The molecule has 0 fully saturated rings. The van der Waals surface area contributed by atoms with Gasteiger partial charge in [-0.05, 0) is 217 Å². The predicted molar refractivity (Wildman–Crippen MR) is 443 cm³/mol. The van der Waals surface area contributed by atoms with E-state index in [1.165, 1.54) is 210 Å². The predicted octanol–water partition coefficient (Wildman–Crippen LogP) is 26.8. The van der Waals surface area contributed by atoms with Gasteiger partial charge in [-0.3, -0.25) is 0 Å². The molecule has 105 heavy (non-hydrogen) atoms. The lowest BCUT2D eigenvalue weighted by Crippen LogP contribution is -2.26. The van der Waals surface area contributed by atoms with Crippen molar-refractivity contribution in [2.45, 2.75) is 43.9 Å². The van der Waals surface area contributed by atoms with Gasteiger partial charge in [0.1, 0.15) is 0 Å². The van der Waals surface area contributed by atoms with E-state index in [-0.39, 0.29) is 10.8 Å². The Labute approximate surface area is 611 Å². The second-order valence-electron chi connectivity index (χ2n) is 30.7. The Bertz CT molecular complexity index is 6480. The molecule has 0 atom stereocenters. The number of hydrogen-bond acceptors (Lipinski definition) is 0. The van der Waals surface area contributed by atoms with Crippen LogP contribution in [0.25, 0.3) is 168 Å². The lowest BCUT2D eigenvalue weighted by atomic mass is 9.70. The number of fused-ring (bicyclic) bond motifs is 24. The van der Waals surface area contributed by atoms with Crippen molar-refractivity contribution in [2.75, 3.05) is 0 Å². The molecule has 22 rings (SSSR count). The largest absolute Gasteiger partial charge is 0.309 e. The maximum absolute atomic E-state index is 2.49. The zero-order valence-electron chi connectivity index (χ0n) is 58.9. The number of rotatable bonds is 8. The van der Waals surface area contributed by atoms with Gasteiger partial charge in [-0.25, -0.2) is 0 Å². The molecule has 0 radical (unpaired) electrons. The van der Waals surface area contributed by atoms with E-state index in [4.69, 9.17) is 0 Å². The van der Waals surface area contributed by atoms with Gasteiger partial charge in [0.15, 0.2) is 0 Å². The number of nitrogens with zero attached hydrogens (tertiary/aromatic N) is 2. The summed E-state index contributed by atoms with van der Waals surface area (Å²) < 4.78 is 4.90. The first-order valence-corrected chi connectivity index (χ1v) is 37.0. The molecule has 0 bridgehead atoms. The van der Waals surface area contributed by atoms with Crippen molar-refractivity contribution in [1.82, 2.24) is 9.13 Å². The Balaban J connectivity index is 0.563. The van der Waals surface area contributed by atoms with Gasteiger partial charge in [0.2, 0.25) is 0 Å². The van der Waals surface area contributed by atoms with E-state index in [0.29, 0.717) is 0 Å². The van der Waals surface area contributed by atoms with Gasteiger partial charge >= 0.3 is 0 Å². The summed E-state index contributed by atoms with van der Waals surface area (Å²) in [6.07, 6.45) is 9.33. The first-order valence-electron chi connectivity index (χ1n) is 37.0. The fourth-order valence-electron chi connectivity index (χ4n) is 19.5. The topological polar surface area (TPSA) is 9.86 Å². The number of hydrogen-bond donors (Lipinski definition) is 0. The molecule has 0 aliphatic heterocycles. The molecular formula is C103H70N2. The number of benzene rings is 16. The highest BCUT2D eigenvalue weighted by molar-refractivity contribution is 6.14. The normalized spacial score (nSPS) is 14.4. The zero-order chi connectivity index (χ0) is 69.6. The summed E-state index contributed by atoms with van der Waals surface area (Å²) in [5.74, 6) is 0. The van der Waals surface area contributed by atoms with E-state index in [1.54, 1.807) is 0 Å². The molecule has 4 aliphatic rings.